The minimum Gasteiger partial charge on any atom is -0.115 e. The summed E-state index contributed by atoms with van der Waals surface area (Å²) in [6.45, 7) is 0. The van der Waals surface area contributed by atoms with Crippen LogP contribution in [0, 0.1) is 23.5 Å². The lowest BCUT2D eigenvalue weighted by Gasteiger charge is -1.85. The molecule has 0 rings (SSSR count). The highest BCUT2D eigenvalue weighted by Crippen LogP contribution is 2.64. The maximum Gasteiger partial charge on any atom is 0.0965 e. The summed E-state index contributed by atoms with van der Waals surface area (Å²) >= 11 is 6.34. The van der Waals surface area contributed by atoms with Crippen LogP contribution in [-0.4, -0.2) is 0 Å². The van der Waals surface area contributed by atoms with Gasteiger partial charge in [-0.1, -0.05) is 11.8 Å². The Bertz CT molecular complexity index is 206. The van der Waals surface area contributed by atoms with Crippen molar-refractivity contribution in [1.82, 2.24) is 0 Å². The van der Waals surface area contributed by atoms with Gasteiger partial charge in [-0.2, -0.15) is 0 Å². The minimum atomic E-state index is -0.0238. The average Bonchev–Trinajstić information content (AvgIpc) is 1.87. The maximum absolute atomic E-state index is 4.96. The van der Waals surface area contributed by atoms with Gasteiger partial charge in [-0.15, -0.1) is 6.42 Å². The number of allylic oxidation sites excluding steroid dienone is 2. The molecule has 0 bridgehead atoms. The quantitative estimate of drug-likeness (QED) is 0.370. The zero-order chi connectivity index (χ0) is 7.82. The molecule has 0 aliphatic rings. The number of rotatable bonds is 1. The molecule has 0 aliphatic carbocycles. The van der Waals surface area contributed by atoms with E-state index >= 15 is 0 Å². The van der Waals surface area contributed by atoms with Crippen LogP contribution >= 0.6 is 57.9 Å². The summed E-state index contributed by atoms with van der Waals surface area (Å²) in [6.07, 6.45) is 8.23. The summed E-state index contributed by atoms with van der Waals surface area (Å²) in [5.74, 6) is 5.18. The van der Waals surface area contributed by atoms with Crippen LogP contribution in [0.4, 0.5) is 0 Å². The Labute approximate surface area is 92.5 Å². The molecule has 0 aromatic heterocycles. The summed E-state index contributed by atoms with van der Waals surface area (Å²) in [6, 6.07) is 0. The van der Waals surface area contributed by atoms with Gasteiger partial charge >= 0.3 is 0 Å². The van der Waals surface area contributed by atoms with E-state index in [-0.39, 0.29) is 2.41 Å². The fraction of sp³-hybridized carbons (Fsp3) is 0. The molecular weight excluding hydrogens is 389 g/mol. The van der Waals surface area contributed by atoms with Gasteiger partial charge in [0.25, 0.3) is 0 Å². The number of halogens is 2. The van der Waals surface area contributed by atoms with Crippen LogP contribution < -0.4 is 0 Å². The SMILES string of the molecule is C#C/C=C\C#CSP(I)I. The lowest BCUT2D eigenvalue weighted by molar-refractivity contribution is 2.15. The first-order valence-electron chi connectivity index (χ1n) is 2.17. The molecule has 0 atom stereocenters. The number of hydrogen-bond donors (Lipinski definition) is 0. The van der Waals surface area contributed by atoms with Crippen molar-refractivity contribution in [2.45, 2.75) is 0 Å². The van der Waals surface area contributed by atoms with Crippen molar-refractivity contribution in [1.29, 1.82) is 0 Å². The topological polar surface area (TPSA) is 0 Å². The van der Waals surface area contributed by atoms with Crippen LogP contribution in [0.5, 0.6) is 0 Å². The molecule has 0 unspecified atom stereocenters. The highest BCUT2D eigenvalue weighted by atomic mass is 127. The standard InChI is InChI=1S/C6H3I2PS/c1-2-3-4-5-6-10-9(7)8/h1,3-4H/b4-3-. The highest BCUT2D eigenvalue weighted by molar-refractivity contribution is 14.3. The molecule has 0 aromatic rings. The Kier molecular flexibility index (Phi) is 9.10. The molecule has 0 N–H and O–H groups in total. The van der Waals surface area contributed by atoms with Crippen molar-refractivity contribution in [3.8, 4) is 23.5 Å². The van der Waals surface area contributed by atoms with Gasteiger partial charge in [-0.05, 0) is 72.9 Å². The molecule has 0 aromatic carbocycles. The Morgan fingerprint density at radius 3 is 2.60 bits per heavy atom. The van der Waals surface area contributed by atoms with Crippen LogP contribution in [0.3, 0.4) is 0 Å². The molecule has 0 amide bonds. The molecule has 0 saturated carbocycles. The highest BCUT2D eigenvalue weighted by Gasteiger charge is 1.90. The second kappa shape index (κ2) is 8.20. The first-order chi connectivity index (χ1) is 4.77. The van der Waals surface area contributed by atoms with Gasteiger partial charge in [0.15, 0.2) is 0 Å². The third-order valence-corrected chi connectivity index (χ3v) is 5.02. The van der Waals surface area contributed by atoms with Gasteiger partial charge < -0.3 is 0 Å². The van der Waals surface area contributed by atoms with Crippen LogP contribution in [0.15, 0.2) is 12.2 Å². The van der Waals surface area contributed by atoms with Crippen molar-refractivity contribution in [2.24, 2.45) is 0 Å². The lowest BCUT2D eigenvalue weighted by Crippen LogP contribution is -1.46. The molecule has 52 valence electrons. The van der Waals surface area contributed by atoms with E-state index in [1.807, 2.05) is 0 Å². The third kappa shape index (κ3) is 9.10. The fourth-order valence-electron chi connectivity index (χ4n) is 0.185. The van der Waals surface area contributed by atoms with Gasteiger partial charge in [0.2, 0.25) is 0 Å². The second-order valence-corrected chi connectivity index (χ2v) is 18.7. The number of terminal acetylenes is 1. The first kappa shape index (κ1) is 11.1. The Morgan fingerprint density at radius 1 is 1.40 bits per heavy atom. The van der Waals surface area contributed by atoms with Crippen LogP contribution in [-0.2, 0) is 0 Å². The predicted octanol–water partition coefficient (Wildman–Crippen LogP) is 3.97. The van der Waals surface area contributed by atoms with Crippen LogP contribution in [0.2, 0.25) is 0 Å². The third-order valence-electron chi connectivity index (χ3n) is 0.436. The Hall–Kier alpha value is 1.10. The van der Waals surface area contributed by atoms with Crippen molar-refractivity contribution in [2.75, 3.05) is 0 Å². The number of hydrogen-bond acceptors (Lipinski definition) is 1. The molecule has 0 heterocycles. The van der Waals surface area contributed by atoms with E-state index in [1.54, 1.807) is 23.5 Å². The first-order valence-corrected chi connectivity index (χ1v) is 10.5. The van der Waals surface area contributed by atoms with E-state index in [4.69, 9.17) is 6.42 Å². The molecule has 0 saturated heterocycles. The molecule has 0 aliphatic heterocycles. The normalized spacial score (nSPS) is 9.00. The predicted molar refractivity (Wildman–Crippen MR) is 68.3 cm³/mol. The fourth-order valence-corrected chi connectivity index (χ4v) is 2.51. The summed E-state index contributed by atoms with van der Waals surface area (Å²) < 4.78 is -0.0238. The van der Waals surface area contributed by atoms with Gasteiger partial charge in [0.05, 0.1) is 2.41 Å². The molecular formula is C6H3I2PS. The van der Waals surface area contributed by atoms with Crippen molar-refractivity contribution in [3.63, 3.8) is 0 Å². The van der Waals surface area contributed by atoms with Crippen LogP contribution in [0.25, 0.3) is 0 Å². The van der Waals surface area contributed by atoms with Gasteiger partial charge in [0.1, 0.15) is 0 Å². The molecule has 0 spiro atoms. The molecule has 0 nitrogen and oxygen atoms in total. The van der Waals surface area contributed by atoms with E-state index in [0.29, 0.717) is 0 Å². The van der Waals surface area contributed by atoms with E-state index in [2.05, 4.69) is 61.2 Å². The molecule has 0 radical (unpaired) electrons. The molecule has 4 heteroatoms. The zero-order valence-electron chi connectivity index (χ0n) is 4.84. The summed E-state index contributed by atoms with van der Waals surface area (Å²) in [4.78, 5) is 0. The Balaban J connectivity index is 3.53. The maximum atomic E-state index is 4.96. The van der Waals surface area contributed by atoms with E-state index in [1.165, 1.54) is 0 Å². The van der Waals surface area contributed by atoms with E-state index in [9.17, 15) is 0 Å². The van der Waals surface area contributed by atoms with Crippen molar-refractivity contribution in [3.05, 3.63) is 12.2 Å². The largest absolute Gasteiger partial charge is 0.115 e. The van der Waals surface area contributed by atoms with Crippen molar-refractivity contribution >= 4 is 57.9 Å². The minimum absolute atomic E-state index is 0.0238. The van der Waals surface area contributed by atoms with Gasteiger partial charge in [-0.25, -0.2) is 0 Å². The van der Waals surface area contributed by atoms with E-state index < -0.39 is 0 Å². The van der Waals surface area contributed by atoms with Crippen LogP contribution in [0.1, 0.15) is 0 Å². The van der Waals surface area contributed by atoms with E-state index in [0.717, 1.165) is 0 Å². The smallest absolute Gasteiger partial charge is 0.0965 e. The molecule has 0 fully saturated rings. The summed E-state index contributed by atoms with van der Waals surface area (Å²) in [5, 5.41) is 2.92. The Morgan fingerprint density at radius 2 is 2.10 bits per heavy atom. The zero-order valence-corrected chi connectivity index (χ0v) is 10.9. The monoisotopic (exact) mass is 392 g/mol. The molecule has 10 heavy (non-hydrogen) atoms. The van der Waals surface area contributed by atoms with Gasteiger partial charge in [0, 0.05) is 0 Å². The summed E-state index contributed by atoms with van der Waals surface area (Å²) in [7, 11) is 0. The average molecular weight is 392 g/mol. The summed E-state index contributed by atoms with van der Waals surface area (Å²) in [5.41, 5.74) is 0. The lowest BCUT2D eigenvalue weighted by atomic mass is 10.5. The van der Waals surface area contributed by atoms with Crippen molar-refractivity contribution < 1.29 is 0 Å². The van der Waals surface area contributed by atoms with Gasteiger partial charge in [-0.3, -0.25) is 0 Å². The second-order valence-electron chi connectivity index (χ2n) is 1.04.